The number of aromatic nitrogens is 4. The second-order valence-electron chi connectivity index (χ2n) is 9.43. The summed E-state index contributed by atoms with van der Waals surface area (Å²) < 4.78 is 29.3. The Morgan fingerprint density at radius 3 is 2.39 bits per heavy atom. The van der Waals surface area contributed by atoms with Crippen LogP contribution in [0.25, 0.3) is 11.2 Å². The fourth-order valence-corrected chi connectivity index (χ4v) is 5.95. The lowest BCUT2D eigenvalue weighted by atomic mass is 9.85. The van der Waals surface area contributed by atoms with Gasteiger partial charge in [-0.2, -0.15) is 4.98 Å². The Hall–Kier alpha value is -2.43. The van der Waals surface area contributed by atoms with Crippen LogP contribution >= 0.6 is 34.8 Å². The number of primary amides is 1. The van der Waals surface area contributed by atoms with Crippen molar-refractivity contribution >= 4 is 69.5 Å². The lowest BCUT2D eigenvalue weighted by Gasteiger charge is -2.29. The standard InChI is InChI=1S/C23H24Cl3F2N7O/c24-12-7-15(25)18(16(26)8-12)33-22-32-17-10-30-21(31-13-5-6-23(27,28)9-13)34-20(17)35(22)14-3-1-11(2-4-14)19(29)36/h7-8,10-11,13-14H,1-6,9H2,(H2,29,36)(H,32,33)(H,30,31,34)/t11?,13-,14?/m1/s1. The third-order valence-corrected chi connectivity index (χ3v) is 7.69. The largest absolute Gasteiger partial charge is 0.369 e. The monoisotopic (exact) mass is 557 g/mol. The first-order valence-electron chi connectivity index (χ1n) is 11.7. The summed E-state index contributed by atoms with van der Waals surface area (Å²) in [5, 5.41) is 7.29. The third-order valence-electron chi connectivity index (χ3n) is 6.88. The van der Waals surface area contributed by atoms with Crippen LogP contribution in [0.1, 0.15) is 51.0 Å². The van der Waals surface area contributed by atoms with Crippen LogP contribution in [-0.2, 0) is 4.79 Å². The molecule has 1 aromatic carbocycles. The van der Waals surface area contributed by atoms with Gasteiger partial charge in [-0.05, 0) is 44.2 Å². The molecular formula is C23H24Cl3F2N7O. The average molecular weight is 559 g/mol. The second-order valence-corrected chi connectivity index (χ2v) is 10.7. The number of nitrogens with one attached hydrogen (secondary N) is 2. The van der Waals surface area contributed by atoms with E-state index < -0.39 is 12.0 Å². The number of benzene rings is 1. The Kier molecular flexibility index (Phi) is 6.86. The van der Waals surface area contributed by atoms with Gasteiger partial charge in [-0.15, -0.1) is 0 Å². The molecule has 0 spiro atoms. The van der Waals surface area contributed by atoms with E-state index in [4.69, 9.17) is 40.5 Å². The number of hydrogen-bond acceptors (Lipinski definition) is 6. The molecule has 0 bridgehead atoms. The minimum atomic E-state index is -2.68. The van der Waals surface area contributed by atoms with E-state index in [0.717, 1.165) is 0 Å². The zero-order chi connectivity index (χ0) is 25.6. The summed E-state index contributed by atoms with van der Waals surface area (Å²) in [5.41, 5.74) is 7.00. The van der Waals surface area contributed by atoms with Crippen LogP contribution in [0.4, 0.5) is 26.4 Å². The van der Waals surface area contributed by atoms with E-state index in [1.165, 1.54) is 0 Å². The summed E-state index contributed by atoms with van der Waals surface area (Å²) in [6, 6.07) is 2.68. The number of carbonyl (C=O) groups excluding carboxylic acids is 1. The van der Waals surface area contributed by atoms with E-state index in [1.54, 1.807) is 18.3 Å². The lowest BCUT2D eigenvalue weighted by molar-refractivity contribution is -0.122. The third kappa shape index (κ3) is 5.17. The number of imidazole rings is 1. The highest BCUT2D eigenvalue weighted by molar-refractivity contribution is 6.41. The van der Waals surface area contributed by atoms with E-state index in [0.29, 0.717) is 70.0 Å². The summed E-state index contributed by atoms with van der Waals surface area (Å²) >= 11 is 18.9. The number of amides is 1. The Morgan fingerprint density at radius 2 is 1.78 bits per heavy atom. The molecule has 1 atom stereocenters. The molecule has 36 heavy (non-hydrogen) atoms. The molecule has 192 valence electrons. The minimum absolute atomic E-state index is 0.0449. The van der Waals surface area contributed by atoms with Gasteiger partial charge in [-0.3, -0.25) is 9.36 Å². The molecule has 0 saturated heterocycles. The van der Waals surface area contributed by atoms with Crippen LogP contribution in [0.5, 0.6) is 0 Å². The van der Waals surface area contributed by atoms with Crippen LogP contribution in [0.2, 0.25) is 15.1 Å². The predicted molar refractivity (Wildman–Crippen MR) is 136 cm³/mol. The first-order valence-corrected chi connectivity index (χ1v) is 12.8. The van der Waals surface area contributed by atoms with Crippen molar-refractivity contribution in [2.75, 3.05) is 10.6 Å². The molecule has 3 aromatic rings. The number of nitrogens with two attached hydrogens (primary N) is 1. The van der Waals surface area contributed by atoms with Crippen molar-refractivity contribution in [1.29, 1.82) is 0 Å². The minimum Gasteiger partial charge on any atom is -0.369 e. The van der Waals surface area contributed by atoms with Gasteiger partial charge in [-0.1, -0.05) is 34.8 Å². The van der Waals surface area contributed by atoms with Gasteiger partial charge in [0.25, 0.3) is 0 Å². The van der Waals surface area contributed by atoms with Gasteiger partial charge < -0.3 is 16.4 Å². The highest BCUT2D eigenvalue weighted by atomic mass is 35.5. The maximum absolute atomic E-state index is 13.7. The van der Waals surface area contributed by atoms with E-state index >= 15 is 0 Å². The number of rotatable bonds is 6. The van der Waals surface area contributed by atoms with Crippen LogP contribution in [-0.4, -0.2) is 37.4 Å². The molecule has 1 amide bonds. The van der Waals surface area contributed by atoms with Crippen molar-refractivity contribution in [3.63, 3.8) is 0 Å². The number of fused-ring (bicyclic) bond motifs is 1. The Labute approximate surface area is 220 Å². The lowest BCUT2D eigenvalue weighted by Crippen LogP contribution is -2.29. The van der Waals surface area contributed by atoms with Crippen LogP contribution in [0.15, 0.2) is 18.3 Å². The van der Waals surface area contributed by atoms with E-state index in [-0.39, 0.29) is 36.7 Å². The molecule has 0 radical (unpaired) electrons. The maximum Gasteiger partial charge on any atom is 0.250 e. The normalized spacial score (nSPS) is 23.6. The molecular weight excluding hydrogens is 535 g/mol. The van der Waals surface area contributed by atoms with Gasteiger partial charge in [0.1, 0.15) is 5.52 Å². The van der Waals surface area contributed by atoms with Crippen LogP contribution in [0.3, 0.4) is 0 Å². The van der Waals surface area contributed by atoms with Gasteiger partial charge in [0, 0.05) is 35.9 Å². The quantitative estimate of drug-likeness (QED) is 0.325. The first kappa shape index (κ1) is 25.2. The first-order chi connectivity index (χ1) is 17.1. The smallest absolute Gasteiger partial charge is 0.250 e. The van der Waals surface area contributed by atoms with Crippen molar-refractivity contribution in [2.45, 2.75) is 63.0 Å². The van der Waals surface area contributed by atoms with Gasteiger partial charge >= 0.3 is 0 Å². The predicted octanol–water partition coefficient (Wildman–Crippen LogP) is 6.35. The van der Waals surface area contributed by atoms with E-state index in [2.05, 4.69) is 25.6 Å². The molecule has 8 nitrogen and oxygen atoms in total. The number of alkyl halides is 2. The summed E-state index contributed by atoms with van der Waals surface area (Å²) in [6.07, 6.45) is 4.10. The molecule has 2 saturated carbocycles. The number of carbonyl (C=O) groups is 1. The Morgan fingerprint density at radius 1 is 1.08 bits per heavy atom. The molecule has 2 aliphatic rings. The van der Waals surface area contributed by atoms with Gasteiger partial charge in [0.15, 0.2) is 5.65 Å². The second kappa shape index (κ2) is 9.79. The molecule has 2 aliphatic carbocycles. The molecule has 0 unspecified atom stereocenters. The van der Waals surface area contributed by atoms with Crippen molar-refractivity contribution in [1.82, 2.24) is 19.5 Å². The summed E-state index contributed by atoms with van der Waals surface area (Å²) in [5.74, 6) is -2.46. The molecule has 2 fully saturated rings. The SMILES string of the molecule is NC(=O)C1CCC(n2c(Nc3c(Cl)cc(Cl)cc3Cl)nc3cnc(N[C@@H]4CCC(F)(F)C4)nc32)CC1. The number of halogens is 5. The zero-order valence-electron chi connectivity index (χ0n) is 19.1. The van der Waals surface area contributed by atoms with E-state index in [1.807, 2.05) is 4.57 Å². The average Bonchev–Trinajstić information content (AvgIpc) is 3.34. The fourth-order valence-electron chi connectivity index (χ4n) is 5.04. The van der Waals surface area contributed by atoms with Crippen molar-refractivity contribution < 1.29 is 13.6 Å². The van der Waals surface area contributed by atoms with Crippen LogP contribution < -0.4 is 16.4 Å². The molecule has 4 N–H and O–H groups in total. The number of hydrogen-bond donors (Lipinski definition) is 3. The van der Waals surface area contributed by atoms with Gasteiger partial charge in [0.05, 0.1) is 21.9 Å². The van der Waals surface area contributed by atoms with E-state index in [9.17, 15) is 13.6 Å². The fraction of sp³-hybridized carbons (Fsp3) is 0.478. The van der Waals surface area contributed by atoms with Crippen molar-refractivity contribution in [3.05, 3.63) is 33.4 Å². The Bertz CT molecular complexity index is 1290. The molecule has 2 heterocycles. The molecule has 0 aliphatic heterocycles. The summed E-state index contributed by atoms with van der Waals surface area (Å²) in [4.78, 5) is 25.3. The highest BCUT2D eigenvalue weighted by Gasteiger charge is 2.39. The van der Waals surface area contributed by atoms with Crippen molar-refractivity contribution in [3.8, 4) is 0 Å². The van der Waals surface area contributed by atoms with Gasteiger partial charge in [0.2, 0.25) is 23.7 Å². The number of nitrogens with zero attached hydrogens (tertiary/aromatic N) is 4. The number of anilines is 3. The summed E-state index contributed by atoms with van der Waals surface area (Å²) in [6.45, 7) is 0. The van der Waals surface area contributed by atoms with Crippen molar-refractivity contribution in [2.24, 2.45) is 11.7 Å². The topological polar surface area (TPSA) is 111 Å². The summed E-state index contributed by atoms with van der Waals surface area (Å²) in [7, 11) is 0. The zero-order valence-corrected chi connectivity index (χ0v) is 21.3. The maximum atomic E-state index is 13.7. The molecule has 2 aromatic heterocycles. The Balaban J connectivity index is 1.52. The van der Waals surface area contributed by atoms with Gasteiger partial charge in [-0.25, -0.2) is 18.7 Å². The molecule has 5 rings (SSSR count). The van der Waals surface area contributed by atoms with Crippen LogP contribution in [0, 0.1) is 5.92 Å². The highest BCUT2D eigenvalue weighted by Crippen LogP contribution is 2.40. The molecule has 13 heteroatoms.